The number of hydrogen-bond acceptors (Lipinski definition) is 4. The first kappa shape index (κ1) is 11.5. The molecule has 19 heavy (non-hydrogen) atoms. The molecule has 0 aliphatic heterocycles. The monoisotopic (exact) mass is 255 g/mol. The molecule has 4 N–H and O–H groups in total. The zero-order valence-corrected chi connectivity index (χ0v) is 10.6. The van der Waals surface area contributed by atoms with E-state index in [1.54, 1.807) is 0 Å². The van der Waals surface area contributed by atoms with E-state index in [0.717, 1.165) is 16.7 Å². The normalized spacial score (nSPS) is 11.1. The third-order valence-corrected chi connectivity index (χ3v) is 3.10. The number of aromatic nitrogens is 4. The molecule has 1 aromatic carbocycles. The summed E-state index contributed by atoms with van der Waals surface area (Å²) in [5.74, 6) is 0.700. The van der Waals surface area contributed by atoms with Gasteiger partial charge in [-0.15, -0.1) is 0 Å². The summed E-state index contributed by atoms with van der Waals surface area (Å²) in [5.41, 5.74) is 9.03. The summed E-state index contributed by atoms with van der Waals surface area (Å²) < 4.78 is 0. The van der Waals surface area contributed by atoms with Gasteiger partial charge < -0.3 is 10.7 Å². The molecule has 2 aromatic heterocycles. The molecule has 0 spiro atoms. The maximum absolute atomic E-state index is 11.8. The van der Waals surface area contributed by atoms with Crippen molar-refractivity contribution in [3.05, 3.63) is 39.7 Å². The number of nitrogens with zero attached hydrogens (tertiary/aromatic N) is 2. The molecule has 2 heterocycles. The SMILES string of the molecule is Cc1cccc(C)c1-c1nc2nc(N)[nH]c(=O)c2[nH]1. The molecule has 0 amide bonds. The average Bonchev–Trinajstić information content (AvgIpc) is 2.72. The molecule has 0 atom stereocenters. The van der Waals surface area contributed by atoms with Crippen LogP contribution in [0.25, 0.3) is 22.6 Å². The second-order valence-electron chi connectivity index (χ2n) is 4.50. The molecule has 6 heteroatoms. The summed E-state index contributed by atoms with van der Waals surface area (Å²) in [5, 5.41) is 0. The van der Waals surface area contributed by atoms with E-state index in [1.165, 1.54) is 0 Å². The van der Waals surface area contributed by atoms with E-state index in [4.69, 9.17) is 5.73 Å². The minimum Gasteiger partial charge on any atom is -0.369 e. The second-order valence-corrected chi connectivity index (χ2v) is 4.50. The summed E-state index contributed by atoms with van der Waals surface area (Å²) in [6.07, 6.45) is 0. The van der Waals surface area contributed by atoms with Gasteiger partial charge in [0.1, 0.15) is 5.82 Å². The molecule has 3 aromatic rings. The highest BCUT2D eigenvalue weighted by Crippen LogP contribution is 2.25. The Hall–Kier alpha value is -2.63. The van der Waals surface area contributed by atoms with Gasteiger partial charge in [0.05, 0.1) is 0 Å². The lowest BCUT2D eigenvalue weighted by Gasteiger charge is -2.05. The number of H-pyrrole nitrogens is 2. The number of aromatic amines is 2. The molecule has 96 valence electrons. The number of anilines is 1. The Morgan fingerprint density at radius 1 is 1.11 bits per heavy atom. The first-order valence-corrected chi connectivity index (χ1v) is 5.88. The molecular formula is C13H13N5O. The Morgan fingerprint density at radius 2 is 1.79 bits per heavy atom. The van der Waals surface area contributed by atoms with Crippen molar-refractivity contribution in [1.29, 1.82) is 0 Å². The summed E-state index contributed by atoms with van der Waals surface area (Å²) >= 11 is 0. The van der Waals surface area contributed by atoms with Crippen molar-refractivity contribution in [2.75, 3.05) is 5.73 Å². The van der Waals surface area contributed by atoms with E-state index in [-0.39, 0.29) is 11.5 Å². The third kappa shape index (κ3) is 1.77. The minimum absolute atomic E-state index is 0.0667. The molecule has 0 saturated heterocycles. The number of nitrogens with one attached hydrogen (secondary N) is 2. The number of imidazole rings is 1. The van der Waals surface area contributed by atoms with Crippen LogP contribution in [0.5, 0.6) is 0 Å². The quantitative estimate of drug-likeness (QED) is 0.613. The van der Waals surface area contributed by atoms with Crippen LogP contribution in [0.2, 0.25) is 0 Å². The molecular weight excluding hydrogens is 242 g/mol. The highest BCUT2D eigenvalue weighted by molar-refractivity contribution is 5.77. The first-order valence-electron chi connectivity index (χ1n) is 5.88. The fraction of sp³-hybridized carbons (Fsp3) is 0.154. The summed E-state index contributed by atoms with van der Waals surface area (Å²) in [6.45, 7) is 4.00. The van der Waals surface area contributed by atoms with Crippen LogP contribution in [0.15, 0.2) is 23.0 Å². The Bertz CT molecular complexity index is 810. The molecule has 0 aliphatic rings. The summed E-state index contributed by atoms with van der Waals surface area (Å²) in [7, 11) is 0. The number of fused-ring (bicyclic) bond motifs is 1. The van der Waals surface area contributed by atoms with Gasteiger partial charge in [-0.3, -0.25) is 9.78 Å². The van der Waals surface area contributed by atoms with Gasteiger partial charge in [-0.1, -0.05) is 18.2 Å². The Morgan fingerprint density at radius 3 is 2.47 bits per heavy atom. The molecule has 0 bridgehead atoms. The molecule has 0 fully saturated rings. The van der Waals surface area contributed by atoms with Crippen LogP contribution in [0.3, 0.4) is 0 Å². The number of nitrogens with two attached hydrogens (primary N) is 1. The summed E-state index contributed by atoms with van der Waals surface area (Å²) in [6, 6.07) is 5.99. The largest absolute Gasteiger partial charge is 0.369 e. The van der Waals surface area contributed by atoms with Gasteiger partial charge in [-0.05, 0) is 25.0 Å². The number of hydrogen-bond donors (Lipinski definition) is 3. The Balaban J connectivity index is 2.33. The molecule has 0 unspecified atom stereocenters. The second kappa shape index (κ2) is 3.94. The zero-order chi connectivity index (χ0) is 13.6. The van der Waals surface area contributed by atoms with Gasteiger partial charge in [0.15, 0.2) is 11.2 Å². The molecule has 3 rings (SSSR count). The lowest BCUT2D eigenvalue weighted by atomic mass is 10.0. The zero-order valence-electron chi connectivity index (χ0n) is 10.6. The van der Waals surface area contributed by atoms with Crippen molar-refractivity contribution in [3.8, 4) is 11.4 Å². The predicted octanol–water partition coefficient (Wildman–Crippen LogP) is 1.51. The maximum atomic E-state index is 11.8. The predicted molar refractivity (Wildman–Crippen MR) is 73.8 cm³/mol. The Labute approximate surface area is 108 Å². The van der Waals surface area contributed by atoms with Crippen molar-refractivity contribution in [2.24, 2.45) is 0 Å². The van der Waals surface area contributed by atoms with Crippen LogP contribution >= 0.6 is 0 Å². The van der Waals surface area contributed by atoms with Crippen LogP contribution < -0.4 is 11.3 Å². The fourth-order valence-electron chi connectivity index (χ4n) is 2.23. The van der Waals surface area contributed by atoms with Gasteiger partial charge in [-0.25, -0.2) is 4.98 Å². The van der Waals surface area contributed by atoms with Crippen molar-refractivity contribution in [3.63, 3.8) is 0 Å². The van der Waals surface area contributed by atoms with Gasteiger partial charge in [-0.2, -0.15) is 4.98 Å². The van der Waals surface area contributed by atoms with Crippen LogP contribution in [-0.2, 0) is 0 Å². The summed E-state index contributed by atoms with van der Waals surface area (Å²) in [4.78, 5) is 25.6. The van der Waals surface area contributed by atoms with Gasteiger partial charge in [0.25, 0.3) is 5.56 Å². The van der Waals surface area contributed by atoms with Crippen LogP contribution in [-0.4, -0.2) is 19.9 Å². The van der Waals surface area contributed by atoms with Crippen molar-refractivity contribution >= 4 is 17.1 Å². The maximum Gasteiger partial charge on any atom is 0.278 e. The fourth-order valence-corrected chi connectivity index (χ4v) is 2.23. The number of aryl methyl sites for hydroxylation is 2. The van der Waals surface area contributed by atoms with Gasteiger partial charge in [0, 0.05) is 5.56 Å². The number of rotatable bonds is 1. The highest BCUT2D eigenvalue weighted by atomic mass is 16.1. The van der Waals surface area contributed by atoms with Crippen LogP contribution in [0, 0.1) is 13.8 Å². The molecule has 6 nitrogen and oxygen atoms in total. The van der Waals surface area contributed by atoms with Gasteiger partial charge in [0.2, 0.25) is 5.95 Å². The molecule has 0 saturated carbocycles. The average molecular weight is 255 g/mol. The Kier molecular flexibility index (Phi) is 2.38. The lowest BCUT2D eigenvalue weighted by Crippen LogP contribution is -2.10. The topological polar surface area (TPSA) is 100 Å². The highest BCUT2D eigenvalue weighted by Gasteiger charge is 2.13. The van der Waals surface area contributed by atoms with E-state index in [2.05, 4.69) is 19.9 Å². The van der Waals surface area contributed by atoms with Crippen LogP contribution in [0.1, 0.15) is 11.1 Å². The lowest BCUT2D eigenvalue weighted by molar-refractivity contribution is 1.17. The third-order valence-electron chi connectivity index (χ3n) is 3.10. The van der Waals surface area contributed by atoms with E-state index in [9.17, 15) is 4.79 Å². The van der Waals surface area contributed by atoms with Crippen molar-refractivity contribution in [1.82, 2.24) is 19.9 Å². The number of nitrogen functional groups attached to an aromatic ring is 1. The van der Waals surface area contributed by atoms with E-state index < -0.39 is 0 Å². The van der Waals surface area contributed by atoms with E-state index in [0.29, 0.717) is 17.0 Å². The smallest absolute Gasteiger partial charge is 0.278 e. The van der Waals surface area contributed by atoms with Gasteiger partial charge >= 0.3 is 0 Å². The standard InChI is InChI=1S/C13H13N5O/c1-6-4-3-5-7(2)8(6)10-15-9-11(16-10)17-13(14)18-12(9)19/h3-5H,1-2H3,(H4,14,15,16,17,18,19). The van der Waals surface area contributed by atoms with Crippen molar-refractivity contribution < 1.29 is 0 Å². The van der Waals surface area contributed by atoms with E-state index >= 15 is 0 Å². The first-order chi connectivity index (χ1) is 9.06. The van der Waals surface area contributed by atoms with Crippen molar-refractivity contribution in [2.45, 2.75) is 13.8 Å². The minimum atomic E-state index is -0.313. The number of benzene rings is 1. The van der Waals surface area contributed by atoms with E-state index in [1.807, 2.05) is 32.0 Å². The van der Waals surface area contributed by atoms with Crippen LogP contribution in [0.4, 0.5) is 5.95 Å². The molecule has 0 aliphatic carbocycles. The molecule has 0 radical (unpaired) electrons.